The Bertz CT molecular complexity index is 3910. The molecule has 12 aromatic rings. The van der Waals surface area contributed by atoms with Gasteiger partial charge in [-0.25, -0.2) is 0 Å². The molecule has 0 saturated heterocycles. The molecule has 3 nitrogen and oxygen atoms in total. The van der Waals surface area contributed by atoms with Gasteiger partial charge in [-0.05, 0) is 81.7 Å². The smallest absolute Gasteiger partial charge is 0.135 e. The molecule has 0 N–H and O–H groups in total. The summed E-state index contributed by atoms with van der Waals surface area (Å²) in [5, 5.41) is 5.05. The molecule has 0 amide bonds. The van der Waals surface area contributed by atoms with Gasteiger partial charge in [-0.3, -0.25) is 0 Å². The minimum atomic E-state index is 0.164. The number of hydrogen-bond donors (Lipinski definition) is 0. The van der Waals surface area contributed by atoms with E-state index in [0.717, 1.165) is 82.9 Å². The van der Waals surface area contributed by atoms with E-state index in [0.29, 0.717) is 43.8 Å². The van der Waals surface area contributed by atoms with Crippen LogP contribution in [0.25, 0.3) is 110 Å². The van der Waals surface area contributed by atoms with E-state index in [1.54, 1.807) is 0 Å². The number of benzene rings is 9. The summed E-state index contributed by atoms with van der Waals surface area (Å²) in [5.41, 5.74) is 14.1. The average molecular weight is 796 g/mol. The number of hydrogen-bond acceptors (Lipinski definition) is 1. The van der Waals surface area contributed by atoms with Gasteiger partial charge in [0.05, 0.1) is 11.0 Å². The second kappa shape index (κ2) is 14.4. The zero-order valence-corrected chi connectivity index (χ0v) is 34.4. The third kappa shape index (κ3) is 5.51. The summed E-state index contributed by atoms with van der Waals surface area (Å²) >= 11 is 0. The van der Waals surface area contributed by atoms with Gasteiger partial charge in [-0.15, -0.1) is 10.9 Å². The summed E-state index contributed by atoms with van der Waals surface area (Å²) in [5.74, 6) is 0. The van der Waals surface area contributed by atoms with Gasteiger partial charge in [-0.1, -0.05) is 143 Å². The van der Waals surface area contributed by atoms with Gasteiger partial charge in [0.25, 0.3) is 0 Å². The maximum atomic E-state index is 7.41. The lowest BCUT2D eigenvalue weighted by atomic mass is 9.64. The van der Waals surface area contributed by atoms with Crippen molar-refractivity contribution in [3.05, 3.63) is 164 Å². The van der Waals surface area contributed by atoms with Crippen molar-refractivity contribution in [2.75, 3.05) is 0 Å². The quantitative estimate of drug-likeness (QED) is 0.187. The van der Waals surface area contributed by atoms with Crippen LogP contribution in [0.2, 0.25) is 0 Å². The first-order chi connectivity index (χ1) is 31.2. The molecule has 0 fully saturated rings. The molecular formula is C54H27B7N2O. The molecule has 0 unspecified atom stereocenters. The predicted octanol–water partition coefficient (Wildman–Crippen LogP) is 6.34. The summed E-state index contributed by atoms with van der Waals surface area (Å²) < 4.78 is 10.4. The fraction of sp³-hybridized carbons (Fsp3) is 0. The Morgan fingerprint density at radius 3 is 1.66 bits per heavy atom. The Balaban J connectivity index is 1.13. The van der Waals surface area contributed by atoms with Gasteiger partial charge >= 0.3 is 0 Å². The standard InChI is InChI=1S/C54H27B7N2O/c55-45-42(46(56)50(60)53-43(45)44-47(57)48(58)49(59)51(61)54(44)63(53)33-23-25-41-38(27-33)35-14-7-8-17-40(35)64-41)31-20-24-39-37(26-31)36-16-9-15-34(30-12-5-2-6-13-30)52(36)62(39)32-21-18-29(19-22-32)28-10-3-1-4-11-28/h1-27H. The van der Waals surface area contributed by atoms with E-state index in [1.165, 1.54) is 0 Å². The van der Waals surface area contributed by atoms with Crippen LogP contribution in [0.5, 0.6) is 0 Å². The lowest BCUT2D eigenvalue weighted by Gasteiger charge is -2.19. The Morgan fingerprint density at radius 2 is 0.906 bits per heavy atom. The Hall–Kier alpha value is -7.17. The van der Waals surface area contributed by atoms with Crippen LogP contribution in [-0.2, 0) is 0 Å². The fourth-order valence-corrected chi connectivity index (χ4v) is 9.89. The third-order valence-corrected chi connectivity index (χ3v) is 12.9. The van der Waals surface area contributed by atoms with E-state index in [2.05, 4.69) is 108 Å². The Kier molecular flexibility index (Phi) is 8.69. The summed E-state index contributed by atoms with van der Waals surface area (Å²) in [6.07, 6.45) is 0. The van der Waals surface area contributed by atoms with Crippen LogP contribution in [0.15, 0.2) is 168 Å². The zero-order chi connectivity index (χ0) is 43.5. The summed E-state index contributed by atoms with van der Waals surface area (Å²) in [4.78, 5) is 0. The number of para-hydroxylation sites is 2. The van der Waals surface area contributed by atoms with Crippen molar-refractivity contribution >= 4 is 159 Å². The highest BCUT2D eigenvalue weighted by molar-refractivity contribution is 6.69. The molecule has 3 heterocycles. The number of rotatable bonds is 5. The van der Waals surface area contributed by atoms with E-state index >= 15 is 0 Å². The molecule has 9 aromatic carbocycles. The van der Waals surface area contributed by atoms with E-state index in [4.69, 9.17) is 59.3 Å². The van der Waals surface area contributed by atoms with Crippen molar-refractivity contribution in [3.63, 3.8) is 0 Å². The molecule has 64 heavy (non-hydrogen) atoms. The SMILES string of the molecule is [B]c1c([B])c([B])c2c(c1[B])c1c([B])c(-c3ccc4c(c3)c3cccc(-c5ccccc5)c3n4-c3ccc(-c4ccccc4)cc3)c([B])c([B])c1n2-c1ccc2oc3ccccc3c2c1. The molecule has 0 atom stereocenters. The van der Waals surface area contributed by atoms with Crippen molar-refractivity contribution in [2.24, 2.45) is 0 Å². The van der Waals surface area contributed by atoms with Crippen LogP contribution in [0.3, 0.4) is 0 Å². The van der Waals surface area contributed by atoms with E-state index in [9.17, 15) is 0 Å². The van der Waals surface area contributed by atoms with Crippen molar-refractivity contribution < 1.29 is 4.42 Å². The summed E-state index contributed by atoms with van der Waals surface area (Å²) in [6.45, 7) is 0. The largest absolute Gasteiger partial charge is 0.456 e. The van der Waals surface area contributed by atoms with Crippen molar-refractivity contribution in [1.82, 2.24) is 9.13 Å². The van der Waals surface area contributed by atoms with Gasteiger partial charge in [-0.2, -0.15) is 0 Å². The molecule has 0 saturated carbocycles. The molecule has 3 aromatic heterocycles. The Morgan fingerprint density at radius 1 is 0.328 bits per heavy atom. The topological polar surface area (TPSA) is 23.0 Å². The number of nitrogens with zero attached hydrogens (tertiary/aromatic N) is 2. The maximum absolute atomic E-state index is 7.41. The highest BCUT2D eigenvalue weighted by Crippen LogP contribution is 2.41. The van der Waals surface area contributed by atoms with E-state index in [-0.39, 0.29) is 21.9 Å². The van der Waals surface area contributed by atoms with Crippen LogP contribution < -0.4 is 38.2 Å². The molecule has 10 heteroatoms. The normalized spacial score (nSPS) is 11.9. The molecule has 0 spiro atoms. The Labute approximate surface area is 379 Å². The molecule has 0 aliphatic rings. The average Bonchev–Trinajstić information content (AvgIpc) is 4.01. The molecule has 12 rings (SSSR count). The van der Waals surface area contributed by atoms with Crippen molar-refractivity contribution in [3.8, 4) is 44.8 Å². The zero-order valence-electron chi connectivity index (χ0n) is 34.4. The first-order valence-electron chi connectivity index (χ1n) is 21.0. The molecule has 14 radical (unpaired) electrons. The molecular weight excluding hydrogens is 768 g/mol. The number of aromatic nitrogens is 2. The lowest BCUT2D eigenvalue weighted by Crippen LogP contribution is -2.48. The van der Waals surface area contributed by atoms with Crippen LogP contribution >= 0.6 is 0 Å². The predicted molar refractivity (Wildman–Crippen MR) is 276 cm³/mol. The third-order valence-electron chi connectivity index (χ3n) is 12.9. The molecule has 0 aliphatic carbocycles. The van der Waals surface area contributed by atoms with Crippen molar-refractivity contribution in [1.29, 1.82) is 0 Å². The first kappa shape index (κ1) is 38.5. The summed E-state index contributed by atoms with van der Waals surface area (Å²) in [7, 11) is 48.8. The minimum Gasteiger partial charge on any atom is -0.456 e. The number of fused-ring (bicyclic) bond motifs is 9. The molecule has 0 bridgehead atoms. The monoisotopic (exact) mass is 796 g/mol. The van der Waals surface area contributed by atoms with E-state index in [1.807, 2.05) is 65.2 Å². The van der Waals surface area contributed by atoms with Crippen LogP contribution in [0, 0.1) is 0 Å². The lowest BCUT2D eigenvalue weighted by molar-refractivity contribution is 0.669. The van der Waals surface area contributed by atoms with Gasteiger partial charge in [0, 0.05) is 54.9 Å². The highest BCUT2D eigenvalue weighted by Gasteiger charge is 2.25. The van der Waals surface area contributed by atoms with Gasteiger partial charge in [0.1, 0.15) is 66.1 Å². The van der Waals surface area contributed by atoms with Gasteiger partial charge < -0.3 is 13.6 Å². The van der Waals surface area contributed by atoms with Crippen LogP contribution in [0.1, 0.15) is 0 Å². The van der Waals surface area contributed by atoms with Crippen molar-refractivity contribution in [2.45, 2.75) is 0 Å². The second-order valence-electron chi connectivity index (χ2n) is 16.4. The maximum Gasteiger partial charge on any atom is 0.135 e. The minimum absolute atomic E-state index is 0.164. The van der Waals surface area contributed by atoms with Gasteiger partial charge in [0.2, 0.25) is 0 Å². The number of furan rings is 1. The first-order valence-corrected chi connectivity index (χ1v) is 21.0. The van der Waals surface area contributed by atoms with Crippen LogP contribution in [-0.4, -0.2) is 64.1 Å². The summed E-state index contributed by atoms with van der Waals surface area (Å²) in [6, 6.07) is 56.1. The molecule has 0 aliphatic heterocycles. The van der Waals surface area contributed by atoms with Gasteiger partial charge in [0.15, 0.2) is 0 Å². The highest BCUT2D eigenvalue weighted by atomic mass is 16.3. The fourth-order valence-electron chi connectivity index (χ4n) is 9.89. The van der Waals surface area contributed by atoms with E-state index < -0.39 is 0 Å². The van der Waals surface area contributed by atoms with Crippen LogP contribution in [0.4, 0.5) is 0 Å². The molecule has 280 valence electrons. The second-order valence-corrected chi connectivity index (χ2v) is 16.4.